The van der Waals surface area contributed by atoms with Crippen LogP contribution in [0.2, 0.25) is 0 Å². The van der Waals surface area contributed by atoms with Gasteiger partial charge in [0.1, 0.15) is 11.6 Å². The van der Waals surface area contributed by atoms with Gasteiger partial charge in [-0.3, -0.25) is 0 Å². The summed E-state index contributed by atoms with van der Waals surface area (Å²) in [7, 11) is 0. The van der Waals surface area contributed by atoms with E-state index in [0.29, 0.717) is 11.0 Å². The maximum atomic E-state index is 14.1. The molecule has 0 saturated heterocycles. The molecule has 0 radical (unpaired) electrons. The van der Waals surface area contributed by atoms with Crippen molar-refractivity contribution in [2.75, 3.05) is 6.54 Å². The van der Waals surface area contributed by atoms with Crippen molar-refractivity contribution in [1.82, 2.24) is 5.32 Å². The molecule has 1 unspecified atom stereocenters. The summed E-state index contributed by atoms with van der Waals surface area (Å²) in [6.07, 6.45) is 2.02. The van der Waals surface area contributed by atoms with Gasteiger partial charge >= 0.3 is 0 Å². The molecular formula is C13H16BrF2N. The van der Waals surface area contributed by atoms with Crippen molar-refractivity contribution in [3.05, 3.63) is 33.8 Å². The quantitative estimate of drug-likeness (QED) is 0.823. The molecule has 1 aromatic rings. The third kappa shape index (κ3) is 2.38. The second-order valence-corrected chi connectivity index (χ2v) is 5.76. The Morgan fingerprint density at radius 1 is 1.41 bits per heavy atom. The SMILES string of the molecule is CCNC(c1c(F)ccc(Br)c1F)C1(C)CC1. The normalized spacial score (nSPS) is 19.1. The molecule has 1 aliphatic carbocycles. The molecular weight excluding hydrogens is 288 g/mol. The summed E-state index contributed by atoms with van der Waals surface area (Å²) in [6.45, 7) is 4.72. The van der Waals surface area contributed by atoms with Gasteiger partial charge in [0.2, 0.25) is 0 Å². The zero-order valence-corrected chi connectivity index (χ0v) is 11.6. The molecule has 1 aromatic carbocycles. The fourth-order valence-corrected chi connectivity index (χ4v) is 2.54. The van der Waals surface area contributed by atoms with Crippen LogP contribution in [0, 0.1) is 17.0 Å². The van der Waals surface area contributed by atoms with Gasteiger partial charge in [-0.2, -0.15) is 0 Å². The summed E-state index contributed by atoms with van der Waals surface area (Å²) >= 11 is 3.12. The molecule has 4 heteroatoms. The van der Waals surface area contributed by atoms with Crippen molar-refractivity contribution in [1.29, 1.82) is 0 Å². The largest absolute Gasteiger partial charge is 0.310 e. The molecule has 0 spiro atoms. The molecule has 1 nitrogen and oxygen atoms in total. The number of hydrogen-bond donors (Lipinski definition) is 1. The van der Waals surface area contributed by atoms with Crippen LogP contribution in [0.15, 0.2) is 16.6 Å². The smallest absolute Gasteiger partial charge is 0.145 e. The van der Waals surface area contributed by atoms with Crippen molar-refractivity contribution >= 4 is 15.9 Å². The summed E-state index contributed by atoms with van der Waals surface area (Å²) in [5, 5.41) is 3.21. The summed E-state index contributed by atoms with van der Waals surface area (Å²) < 4.78 is 28.2. The number of rotatable bonds is 4. The maximum Gasteiger partial charge on any atom is 0.145 e. The van der Waals surface area contributed by atoms with Crippen LogP contribution in [0.25, 0.3) is 0 Å². The fraction of sp³-hybridized carbons (Fsp3) is 0.538. The molecule has 1 aliphatic rings. The van der Waals surface area contributed by atoms with Gasteiger partial charge < -0.3 is 5.32 Å². The van der Waals surface area contributed by atoms with E-state index in [4.69, 9.17) is 0 Å². The second-order valence-electron chi connectivity index (χ2n) is 4.90. The first-order chi connectivity index (χ1) is 7.99. The highest BCUT2D eigenvalue weighted by molar-refractivity contribution is 9.10. The van der Waals surface area contributed by atoms with Gasteiger partial charge in [0.15, 0.2) is 0 Å². The summed E-state index contributed by atoms with van der Waals surface area (Å²) in [5.74, 6) is -0.950. The minimum atomic E-state index is -0.482. The number of hydrogen-bond acceptors (Lipinski definition) is 1. The van der Waals surface area contributed by atoms with Crippen molar-refractivity contribution in [2.24, 2.45) is 5.41 Å². The van der Waals surface area contributed by atoms with Crippen molar-refractivity contribution in [3.63, 3.8) is 0 Å². The second kappa shape index (κ2) is 4.65. The predicted molar refractivity (Wildman–Crippen MR) is 67.8 cm³/mol. The first-order valence-electron chi connectivity index (χ1n) is 5.86. The van der Waals surface area contributed by atoms with E-state index in [0.717, 1.165) is 12.8 Å². The van der Waals surface area contributed by atoms with Gasteiger partial charge in [-0.25, -0.2) is 8.78 Å². The number of benzene rings is 1. The summed E-state index contributed by atoms with van der Waals surface area (Å²) in [6, 6.07) is 2.48. The van der Waals surface area contributed by atoms with Crippen LogP contribution < -0.4 is 5.32 Å². The molecule has 94 valence electrons. The lowest BCUT2D eigenvalue weighted by molar-refractivity contribution is 0.347. The Balaban J connectivity index is 2.45. The van der Waals surface area contributed by atoms with E-state index >= 15 is 0 Å². The molecule has 1 saturated carbocycles. The standard InChI is InChI=1S/C13H16BrF2N/c1-3-17-12(13(2)6-7-13)10-9(15)5-4-8(14)11(10)16/h4-5,12,17H,3,6-7H2,1-2H3. The molecule has 17 heavy (non-hydrogen) atoms. The number of halogens is 3. The molecule has 0 aliphatic heterocycles. The topological polar surface area (TPSA) is 12.0 Å². The van der Waals surface area contributed by atoms with Crippen LogP contribution in [0.5, 0.6) is 0 Å². The Hall–Kier alpha value is -0.480. The molecule has 2 rings (SSSR count). The fourth-order valence-electron chi connectivity index (χ4n) is 2.19. The highest BCUT2D eigenvalue weighted by Crippen LogP contribution is 2.55. The molecule has 1 atom stereocenters. The van der Waals surface area contributed by atoms with E-state index in [1.54, 1.807) is 0 Å². The van der Waals surface area contributed by atoms with Crippen LogP contribution in [-0.4, -0.2) is 6.54 Å². The Morgan fingerprint density at radius 3 is 2.59 bits per heavy atom. The van der Waals surface area contributed by atoms with E-state index < -0.39 is 11.6 Å². The van der Waals surface area contributed by atoms with Crippen molar-refractivity contribution in [2.45, 2.75) is 32.7 Å². The van der Waals surface area contributed by atoms with Crippen LogP contribution in [0.1, 0.15) is 38.3 Å². The first-order valence-corrected chi connectivity index (χ1v) is 6.65. The van der Waals surface area contributed by atoms with E-state index in [9.17, 15) is 8.78 Å². The van der Waals surface area contributed by atoms with Gasteiger partial charge in [0, 0.05) is 11.6 Å². The highest BCUT2D eigenvalue weighted by atomic mass is 79.9. The summed E-state index contributed by atoms with van der Waals surface area (Å²) in [4.78, 5) is 0. The van der Waals surface area contributed by atoms with Gasteiger partial charge in [0.25, 0.3) is 0 Å². The maximum absolute atomic E-state index is 14.1. The lowest BCUT2D eigenvalue weighted by Gasteiger charge is -2.26. The highest BCUT2D eigenvalue weighted by Gasteiger charge is 2.47. The van der Waals surface area contributed by atoms with Gasteiger partial charge in [-0.1, -0.05) is 13.8 Å². The zero-order chi connectivity index (χ0) is 12.6. The first kappa shape index (κ1) is 13.0. The molecule has 1 N–H and O–H groups in total. The van der Waals surface area contributed by atoms with E-state index in [-0.39, 0.29) is 17.0 Å². The number of nitrogens with one attached hydrogen (secondary N) is 1. The van der Waals surface area contributed by atoms with Crippen LogP contribution in [0.3, 0.4) is 0 Å². The Kier molecular flexibility index (Phi) is 3.55. The van der Waals surface area contributed by atoms with Crippen LogP contribution in [0.4, 0.5) is 8.78 Å². The Bertz CT molecular complexity index is 430. The Morgan fingerprint density at radius 2 is 2.06 bits per heavy atom. The van der Waals surface area contributed by atoms with Gasteiger partial charge in [0.05, 0.1) is 4.47 Å². The average molecular weight is 304 g/mol. The summed E-state index contributed by atoms with van der Waals surface area (Å²) in [5.41, 5.74) is 0.152. The van der Waals surface area contributed by atoms with Crippen LogP contribution >= 0.6 is 15.9 Å². The lowest BCUT2D eigenvalue weighted by Crippen LogP contribution is -2.29. The average Bonchev–Trinajstić information content (AvgIpc) is 3.02. The van der Waals surface area contributed by atoms with Gasteiger partial charge in [-0.05, 0) is 52.9 Å². The van der Waals surface area contributed by atoms with E-state index in [1.165, 1.54) is 12.1 Å². The minimum Gasteiger partial charge on any atom is -0.310 e. The van der Waals surface area contributed by atoms with Gasteiger partial charge in [-0.15, -0.1) is 0 Å². The van der Waals surface area contributed by atoms with E-state index in [1.807, 2.05) is 6.92 Å². The monoisotopic (exact) mass is 303 g/mol. The molecule has 1 fully saturated rings. The zero-order valence-electron chi connectivity index (χ0n) is 9.99. The predicted octanol–water partition coefficient (Wildman–Crippen LogP) is 4.18. The lowest BCUT2D eigenvalue weighted by atomic mass is 9.91. The van der Waals surface area contributed by atoms with Crippen LogP contribution in [-0.2, 0) is 0 Å². The molecule has 0 aromatic heterocycles. The Labute approximate surface area is 109 Å². The molecule has 0 bridgehead atoms. The van der Waals surface area contributed by atoms with Crippen molar-refractivity contribution < 1.29 is 8.78 Å². The third-order valence-corrected chi connectivity index (χ3v) is 4.12. The van der Waals surface area contributed by atoms with E-state index in [2.05, 4.69) is 28.2 Å². The molecule has 0 amide bonds. The molecule has 0 heterocycles. The third-order valence-electron chi connectivity index (χ3n) is 3.51. The van der Waals surface area contributed by atoms with Crippen molar-refractivity contribution in [3.8, 4) is 0 Å². The minimum absolute atomic E-state index is 0.0154.